The first-order valence-corrected chi connectivity index (χ1v) is 9.73. The fourth-order valence-corrected chi connectivity index (χ4v) is 3.25. The number of anilines is 1. The first-order valence-electron chi connectivity index (χ1n) is 8.91. The summed E-state index contributed by atoms with van der Waals surface area (Å²) in [5, 5.41) is 3.48. The van der Waals surface area contributed by atoms with Gasteiger partial charge in [-0.1, -0.05) is 33.1 Å². The van der Waals surface area contributed by atoms with Crippen LogP contribution in [0, 0.1) is 0 Å². The maximum Gasteiger partial charge on any atom is 0.271 e. The molecule has 7 heteroatoms. The standard InChI is InChI=1S/C16H24N4O2S.C2H6/c1-11(21)19-20-16(22)14-10-13(23-17-2)8-9-15(14)18-12-6-4-3-5-7-12;1-2/h8-10,12,17-18H,3-7H2,1-2H3,(H,19,21)(H,20,22);1-2H3. The fourth-order valence-electron chi connectivity index (χ4n) is 2.70. The zero-order valence-corrected chi connectivity index (χ0v) is 16.4. The Labute approximate surface area is 155 Å². The molecular formula is C18H30N4O2S. The number of rotatable bonds is 5. The van der Waals surface area contributed by atoms with E-state index < -0.39 is 0 Å². The van der Waals surface area contributed by atoms with Gasteiger partial charge in [-0.2, -0.15) is 0 Å². The average molecular weight is 367 g/mol. The Kier molecular flexibility index (Phi) is 10.0. The lowest BCUT2D eigenvalue weighted by Gasteiger charge is -2.25. The smallest absolute Gasteiger partial charge is 0.271 e. The highest BCUT2D eigenvalue weighted by atomic mass is 32.2. The van der Waals surface area contributed by atoms with Crippen molar-refractivity contribution in [1.29, 1.82) is 0 Å². The average Bonchev–Trinajstić information content (AvgIpc) is 2.63. The van der Waals surface area contributed by atoms with Crippen LogP contribution >= 0.6 is 11.9 Å². The molecule has 1 aliphatic rings. The van der Waals surface area contributed by atoms with Gasteiger partial charge in [0.25, 0.3) is 5.91 Å². The fraction of sp³-hybridized carbons (Fsp3) is 0.556. The molecule has 0 heterocycles. The summed E-state index contributed by atoms with van der Waals surface area (Å²) in [5.74, 6) is -0.627. The van der Waals surface area contributed by atoms with Gasteiger partial charge in [0, 0.05) is 23.5 Å². The minimum atomic E-state index is -0.322. The van der Waals surface area contributed by atoms with Crippen molar-refractivity contribution >= 4 is 29.4 Å². The van der Waals surface area contributed by atoms with Gasteiger partial charge in [0.15, 0.2) is 0 Å². The molecule has 1 saturated carbocycles. The first-order chi connectivity index (χ1) is 12.1. The lowest BCUT2D eigenvalue weighted by molar-refractivity contribution is -0.119. The highest BCUT2D eigenvalue weighted by molar-refractivity contribution is 7.97. The van der Waals surface area contributed by atoms with Crippen molar-refractivity contribution in [3.63, 3.8) is 0 Å². The Hall–Kier alpha value is -1.73. The van der Waals surface area contributed by atoms with Crippen molar-refractivity contribution in [1.82, 2.24) is 15.6 Å². The Morgan fingerprint density at radius 2 is 1.76 bits per heavy atom. The molecular weight excluding hydrogens is 336 g/mol. The molecule has 1 fully saturated rings. The zero-order chi connectivity index (χ0) is 18.7. The van der Waals surface area contributed by atoms with Crippen LogP contribution in [-0.4, -0.2) is 24.9 Å². The highest BCUT2D eigenvalue weighted by Gasteiger charge is 2.18. The van der Waals surface area contributed by atoms with Gasteiger partial charge < -0.3 is 5.32 Å². The molecule has 0 atom stereocenters. The molecule has 0 aromatic heterocycles. The largest absolute Gasteiger partial charge is 0.382 e. The topological polar surface area (TPSA) is 82.3 Å². The van der Waals surface area contributed by atoms with E-state index in [0.29, 0.717) is 11.6 Å². The Morgan fingerprint density at radius 3 is 2.36 bits per heavy atom. The normalized spacial score (nSPS) is 14.1. The number of nitrogens with one attached hydrogen (secondary N) is 4. The monoisotopic (exact) mass is 366 g/mol. The van der Waals surface area contributed by atoms with Crippen LogP contribution in [0.5, 0.6) is 0 Å². The predicted molar refractivity (Wildman–Crippen MR) is 104 cm³/mol. The number of hydrogen-bond donors (Lipinski definition) is 4. The Morgan fingerprint density at radius 1 is 1.08 bits per heavy atom. The quantitative estimate of drug-likeness (QED) is 0.474. The van der Waals surface area contributed by atoms with Crippen molar-refractivity contribution in [2.24, 2.45) is 0 Å². The van der Waals surface area contributed by atoms with Crippen LogP contribution in [0.2, 0.25) is 0 Å². The Bertz CT molecular complexity index is 560. The number of benzene rings is 1. The van der Waals surface area contributed by atoms with E-state index in [1.807, 2.05) is 39.1 Å². The van der Waals surface area contributed by atoms with E-state index in [4.69, 9.17) is 0 Å². The number of amides is 2. The third-order valence-electron chi connectivity index (χ3n) is 3.77. The van der Waals surface area contributed by atoms with Gasteiger partial charge in [0.1, 0.15) is 0 Å². The molecule has 6 nitrogen and oxygen atoms in total. The SMILES string of the molecule is CC.CNSc1ccc(NC2CCCCC2)c(C(=O)NNC(C)=O)c1. The van der Waals surface area contributed by atoms with E-state index in [9.17, 15) is 9.59 Å². The van der Waals surface area contributed by atoms with E-state index in [1.54, 1.807) is 0 Å². The molecule has 0 unspecified atom stereocenters. The van der Waals surface area contributed by atoms with Crippen molar-refractivity contribution in [3.05, 3.63) is 23.8 Å². The van der Waals surface area contributed by atoms with Gasteiger partial charge >= 0.3 is 0 Å². The molecule has 4 N–H and O–H groups in total. The summed E-state index contributed by atoms with van der Waals surface area (Å²) >= 11 is 1.44. The first kappa shape index (κ1) is 21.3. The van der Waals surface area contributed by atoms with E-state index in [2.05, 4.69) is 20.9 Å². The van der Waals surface area contributed by atoms with Crippen LogP contribution in [0.25, 0.3) is 0 Å². The molecule has 140 valence electrons. The molecule has 1 aliphatic carbocycles. The van der Waals surface area contributed by atoms with Crippen molar-refractivity contribution in [2.45, 2.75) is 63.8 Å². The molecule has 25 heavy (non-hydrogen) atoms. The van der Waals surface area contributed by atoms with Crippen LogP contribution in [0.3, 0.4) is 0 Å². The van der Waals surface area contributed by atoms with Crippen LogP contribution in [0.1, 0.15) is 63.2 Å². The summed E-state index contributed by atoms with van der Waals surface area (Å²) < 4.78 is 3.00. The molecule has 0 spiro atoms. The lowest BCUT2D eigenvalue weighted by Crippen LogP contribution is -2.40. The molecule has 0 saturated heterocycles. The molecule has 0 radical (unpaired) electrons. The molecule has 0 bridgehead atoms. The van der Waals surface area contributed by atoms with Gasteiger partial charge in [-0.3, -0.25) is 25.2 Å². The summed E-state index contributed by atoms with van der Waals surface area (Å²) in [4.78, 5) is 24.3. The molecule has 0 aliphatic heterocycles. The van der Waals surface area contributed by atoms with Crippen molar-refractivity contribution in [3.8, 4) is 0 Å². The number of hydrazine groups is 1. The van der Waals surface area contributed by atoms with E-state index in [1.165, 1.54) is 38.1 Å². The number of hydrogen-bond acceptors (Lipinski definition) is 5. The maximum atomic E-state index is 12.4. The highest BCUT2D eigenvalue weighted by Crippen LogP contribution is 2.27. The molecule has 1 aromatic carbocycles. The van der Waals surface area contributed by atoms with Crippen molar-refractivity contribution < 1.29 is 9.59 Å². The summed E-state index contributed by atoms with van der Waals surface area (Å²) in [6.07, 6.45) is 5.98. The summed E-state index contributed by atoms with van der Waals surface area (Å²) in [6.45, 7) is 5.36. The third-order valence-corrected chi connectivity index (χ3v) is 4.47. The third kappa shape index (κ3) is 7.36. The second kappa shape index (κ2) is 11.8. The minimum Gasteiger partial charge on any atom is -0.382 e. The summed E-state index contributed by atoms with van der Waals surface area (Å²) in [7, 11) is 1.83. The van der Waals surface area contributed by atoms with Gasteiger partial charge in [0.2, 0.25) is 5.91 Å². The van der Waals surface area contributed by atoms with Gasteiger partial charge in [-0.05, 0) is 50.0 Å². The van der Waals surface area contributed by atoms with Gasteiger partial charge in [0.05, 0.1) is 5.56 Å². The number of carbonyl (C=O) groups excluding carboxylic acids is 2. The Balaban J connectivity index is 0.00000151. The summed E-state index contributed by atoms with van der Waals surface area (Å²) in [5.41, 5.74) is 6.11. The molecule has 2 amide bonds. The van der Waals surface area contributed by atoms with Crippen LogP contribution in [0.15, 0.2) is 23.1 Å². The minimum absolute atomic E-state index is 0.305. The second-order valence-electron chi connectivity index (χ2n) is 5.63. The summed E-state index contributed by atoms with van der Waals surface area (Å²) in [6, 6.07) is 6.13. The predicted octanol–water partition coefficient (Wildman–Crippen LogP) is 3.46. The van der Waals surface area contributed by atoms with Crippen LogP contribution in [-0.2, 0) is 4.79 Å². The second-order valence-corrected chi connectivity index (χ2v) is 6.71. The van der Waals surface area contributed by atoms with Crippen LogP contribution < -0.4 is 20.9 Å². The van der Waals surface area contributed by atoms with Gasteiger partial charge in [-0.25, -0.2) is 0 Å². The lowest BCUT2D eigenvalue weighted by atomic mass is 9.95. The number of carbonyl (C=O) groups is 2. The van der Waals surface area contributed by atoms with Gasteiger partial charge in [-0.15, -0.1) is 0 Å². The van der Waals surface area contributed by atoms with Crippen molar-refractivity contribution in [2.75, 3.05) is 12.4 Å². The zero-order valence-electron chi connectivity index (χ0n) is 15.6. The van der Waals surface area contributed by atoms with E-state index >= 15 is 0 Å². The maximum absolute atomic E-state index is 12.4. The molecule has 2 rings (SSSR count). The van der Waals surface area contributed by atoms with E-state index in [-0.39, 0.29) is 11.8 Å². The van der Waals surface area contributed by atoms with Crippen LogP contribution in [0.4, 0.5) is 5.69 Å². The molecule has 1 aromatic rings. The van der Waals surface area contributed by atoms with E-state index in [0.717, 1.165) is 23.4 Å².